The predicted octanol–water partition coefficient (Wildman–Crippen LogP) is 1.87. The lowest BCUT2D eigenvalue weighted by atomic mass is 10.0. The molecule has 144 valence electrons. The zero-order valence-corrected chi connectivity index (χ0v) is 16.1. The van der Waals surface area contributed by atoms with Gasteiger partial charge in [-0.1, -0.05) is 18.6 Å². The number of nitrogens with zero attached hydrogens (tertiary/aromatic N) is 1. The van der Waals surface area contributed by atoms with Crippen LogP contribution in [-0.2, 0) is 21.4 Å². The van der Waals surface area contributed by atoms with Crippen LogP contribution in [0.3, 0.4) is 0 Å². The molecule has 6 nitrogen and oxygen atoms in total. The fourth-order valence-electron chi connectivity index (χ4n) is 3.66. The van der Waals surface area contributed by atoms with Crippen LogP contribution in [0, 0.1) is 5.92 Å². The van der Waals surface area contributed by atoms with Gasteiger partial charge < -0.3 is 10.6 Å². The molecule has 0 aliphatic carbocycles. The van der Waals surface area contributed by atoms with E-state index in [1.807, 2.05) is 6.07 Å². The molecule has 1 aromatic carbocycles. The Kier molecular flexibility index (Phi) is 6.67. The molecule has 1 unspecified atom stereocenters. The van der Waals surface area contributed by atoms with Crippen molar-refractivity contribution in [3.05, 3.63) is 29.8 Å². The lowest BCUT2D eigenvalue weighted by Gasteiger charge is -2.26. The van der Waals surface area contributed by atoms with Gasteiger partial charge in [0, 0.05) is 26.1 Å². The molecule has 26 heavy (non-hydrogen) atoms. The van der Waals surface area contributed by atoms with Gasteiger partial charge in [0.2, 0.25) is 15.9 Å². The molecule has 1 aromatic rings. The molecule has 2 aliphatic heterocycles. The lowest BCUT2D eigenvalue weighted by molar-refractivity contribution is -0.121. The Hall–Kier alpha value is -1.44. The van der Waals surface area contributed by atoms with Crippen LogP contribution in [0.1, 0.15) is 44.1 Å². The summed E-state index contributed by atoms with van der Waals surface area (Å²) >= 11 is 0. The minimum absolute atomic E-state index is 0.0289. The molecule has 2 N–H and O–H groups in total. The maximum Gasteiger partial charge on any atom is 0.243 e. The summed E-state index contributed by atoms with van der Waals surface area (Å²) in [6.45, 7) is 3.61. The minimum Gasteiger partial charge on any atom is -0.352 e. The van der Waals surface area contributed by atoms with Gasteiger partial charge >= 0.3 is 0 Å². The fourth-order valence-corrected chi connectivity index (χ4v) is 5.24. The normalized spacial score (nSPS) is 21.6. The van der Waals surface area contributed by atoms with Crippen molar-refractivity contribution in [2.45, 2.75) is 50.0 Å². The average Bonchev–Trinajstić information content (AvgIpc) is 3.19. The molecule has 2 saturated heterocycles. The first-order chi connectivity index (χ1) is 12.6. The summed E-state index contributed by atoms with van der Waals surface area (Å²) in [7, 11) is -3.43. The van der Waals surface area contributed by atoms with Gasteiger partial charge in [0.05, 0.1) is 4.90 Å². The van der Waals surface area contributed by atoms with Gasteiger partial charge in [-0.15, -0.1) is 0 Å². The molecule has 1 amide bonds. The van der Waals surface area contributed by atoms with Crippen molar-refractivity contribution in [2.24, 2.45) is 5.92 Å². The van der Waals surface area contributed by atoms with Crippen molar-refractivity contribution in [2.75, 3.05) is 26.2 Å². The van der Waals surface area contributed by atoms with E-state index in [4.69, 9.17) is 0 Å². The summed E-state index contributed by atoms with van der Waals surface area (Å²) in [6, 6.07) is 6.94. The first-order valence-electron chi connectivity index (χ1n) is 9.62. The number of rotatable bonds is 7. The maximum atomic E-state index is 12.8. The number of carbonyl (C=O) groups is 1. The number of hydrogen-bond donors (Lipinski definition) is 2. The molecule has 0 radical (unpaired) electrons. The van der Waals surface area contributed by atoms with Crippen LogP contribution in [0.4, 0.5) is 0 Å². The van der Waals surface area contributed by atoms with Crippen molar-refractivity contribution in [3.8, 4) is 0 Å². The Bertz CT molecular complexity index is 708. The monoisotopic (exact) mass is 379 g/mol. The third kappa shape index (κ3) is 5.05. The van der Waals surface area contributed by atoms with Gasteiger partial charge in [0.1, 0.15) is 0 Å². The fraction of sp³-hybridized carbons (Fsp3) is 0.632. The molecule has 0 bridgehead atoms. The average molecular weight is 380 g/mol. The van der Waals surface area contributed by atoms with E-state index in [1.54, 1.807) is 22.5 Å². The highest BCUT2D eigenvalue weighted by Gasteiger charge is 2.26. The van der Waals surface area contributed by atoms with E-state index in [0.29, 0.717) is 36.9 Å². The molecule has 2 aliphatic rings. The second-order valence-electron chi connectivity index (χ2n) is 7.29. The van der Waals surface area contributed by atoms with Crippen molar-refractivity contribution >= 4 is 15.9 Å². The minimum atomic E-state index is -3.43. The Balaban J connectivity index is 1.54. The SMILES string of the molecule is O=C(CCC1CCNC1)NCc1cccc(S(=O)(=O)N2CCCCC2)c1. The Morgan fingerprint density at radius 3 is 2.77 bits per heavy atom. The van der Waals surface area contributed by atoms with Crippen molar-refractivity contribution in [1.82, 2.24) is 14.9 Å². The summed E-state index contributed by atoms with van der Waals surface area (Å²) in [5.74, 6) is 0.625. The first-order valence-corrected chi connectivity index (χ1v) is 11.1. The van der Waals surface area contributed by atoms with E-state index >= 15 is 0 Å². The first kappa shape index (κ1) is 19.3. The second kappa shape index (κ2) is 8.97. The van der Waals surface area contributed by atoms with Crippen molar-refractivity contribution < 1.29 is 13.2 Å². The molecule has 0 saturated carbocycles. The standard InChI is InChI=1S/C19H29N3O3S/c23-19(8-7-16-9-10-20-14-16)21-15-17-5-4-6-18(13-17)26(24,25)22-11-2-1-3-12-22/h4-6,13,16,20H,1-3,7-12,14-15H2,(H,21,23). The summed E-state index contributed by atoms with van der Waals surface area (Å²) in [4.78, 5) is 12.4. The number of nitrogens with one attached hydrogen (secondary N) is 2. The van der Waals surface area contributed by atoms with Crippen LogP contribution in [0.25, 0.3) is 0 Å². The van der Waals surface area contributed by atoms with Gasteiger partial charge in [-0.25, -0.2) is 8.42 Å². The number of sulfonamides is 1. The van der Waals surface area contributed by atoms with Crippen molar-refractivity contribution in [1.29, 1.82) is 0 Å². The summed E-state index contributed by atoms with van der Waals surface area (Å²) in [6.07, 6.45) is 5.51. The van der Waals surface area contributed by atoms with E-state index in [2.05, 4.69) is 10.6 Å². The van der Waals surface area contributed by atoms with E-state index < -0.39 is 10.0 Å². The van der Waals surface area contributed by atoms with E-state index in [1.165, 1.54) is 0 Å². The largest absolute Gasteiger partial charge is 0.352 e. The molecule has 1 atom stereocenters. The molecule has 0 aromatic heterocycles. The van der Waals surface area contributed by atoms with Gasteiger partial charge in [0.15, 0.2) is 0 Å². The second-order valence-corrected chi connectivity index (χ2v) is 9.22. The molecular weight excluding hydrogens is 350 g/mol. The highest BCUT2D eigenvalue weighted by molar-refractivity contribution is 7.89. The van der Waals surface area contributed by atoms with Gasteiger partial charge in [-0.3, -0.25) is 4.79 Å². The smallest absolute Gasteiger partial charge is 0.243 e. The van der Waals surface area contributed by atoms with Gasteiger partial charge in [-0.05, 0) is 62.4 Å². The molecule has 0 spiro atoms. The number of piperidine rings is 1. The highest BCUT2D eigenvalue weighted by Crippen LogP contribution is 2.21. The molecular formula is C19H29N3O3S. The van der Waals surface area contributed by atoms with Crippen molar-refractivity contribution in [3.63, 3.8) is 0 Å². The van der Waals surface area contributed by atoms with Crippen LogP contribution in [0.2, 0.25) is 0 Å². The molecule has 3 rings (SSSR count). The third-order valence-corrected chi connectivity index (χ3v) is 7.18. The maximum absolute atomic E-state index is 12.8. The van der Waals surface area contributed by atoms with Crippen LogP contribution in [0.5, 0.6) is 0 Å². The highest BCUT2D eigenvalue weighted by atomic mass is 32.2. The number of benzene rings is 1. The van der Waals surface area contributed by atoms with Crippen LogP contribution in [-0.4, -0.2) is 44.8 Å². The summed E-state index contributed by atoms with van der Waals surface area (Å²) < 4.78 is 27.1. The van der Waals surface area contributed by atoms with Gasteiger partial charge in [0.25, 0.3) is 0 Å². The third-order valence-electron chi connectivity index (χ3n) is 5.28. The number of amides is 1. The summed E-state index contributed by atoms with van der Waals surface area (Å²) in [5, 5.41) is 6.22. The Labute approximate surface area is 156 Å². The topological polar surface area (TPSA) is 78.5 Å². The molecule has 2 fully saturated rings. The predicted molar refractivity (Wildman–Crippen MR) is 101 cm³/mol. The zero-order valence-electron chi connectivity index (χ0n) is 15.2. The lowest BCUT2D eigenvalue weighted by Crippen LogP contribution is -2.35. The van der Waals surface area contributed by atoms with Gasteiger partial charge in [-0.2, -0.15) is 4.31 Å². The number of carbonyl (C=O) groups excluding carboxylic acids is 1. The van der Waals surface area contributed by atoms with E-state index in [0.717, 1.165) is 50.8 Å². The number of hydrogen-bond acceptors (Lipinski definition) is 4. The Morgan fingerprint density at radius 2 is 2.04 bits per heavy atom. The van der Waals surface area contributed by atoms with Crippen LogP contribution < -0.4 is 10.6 Å². The van der Waals surface area contributed by atoms with E-state index in [9.17, 15) is 13.2 Å². The quantitative estimate of drug-likeness (QED) is 0.758. The van der Waals surface area contributed by atoms with E-state index in [-0.39, 0.29) is 5.91 Å². The molecule has 7 heteroatoms. The zero-order chi connectivity index (χ0) is 18.4. The Morgan fingerprint density at radius 1 is 1.23 bits per heavy atom. The molecule has 2 heterocycles. The van der Waals surface area contributed by atoms with Crippen LogP contribution >= 0.6 is 0 Å². The van der Waals surface area contributed by atoms with Crippen LogP contribution in [0.15, 0.2) is 29.2 Å². The summed E-state index contributed by atoms with van der Waals surface area (Å²) in [5.41, 5.74) is 0.818.